The summed E-state index contributed by atoms with van der Waals surface area (Å²) < 4.78 is 1.92. The highest BCUT2D eigenvalue weighted by Gasteiger charge is 2.21. The summed E-state index contributed by atoms with van der Waals surface area (Å²) in [5.41, 5.74) is 0.247. The van der Waals surface area contributed by atoms with Crippen LogP contribution in [0, 0.1) is 10.1 Å². The molecule has 0 aliphatic carbocycles. The van der Waals surface area contributed by atoms with Crippen LogP contribution >= 0.6 is 22.9 Å². The third kappa shape index (κ3) is 3.67. The monoisotopic (exact) mass is 377 g/mol. The van der Waals surface area contributed by atoms with Crippen molar-refractivity contribution in [2.45, 2.75) is 6.54 Å². The van der Waals surface area contributed by atoms with Crippen LogP contribution in [0.4, 0.5) is 5.69 Å². The van der Waals surface area contributed by atoms with E-state index in [-0.39, 0.29) is 22.8 Å². The van der Waals surface area contributed by atoms with Crippen molar-refractivity contribution < 1.29 is 9.72 Å². The van der Waals surface area contributed by atoms with Gasteiger partial charge in [-0.25, -0.2) is 9.67 Å². The summed E-state index contributed by atoms with van der Waals surface area (Å²) in [6.45, 7) is 0.370. The van der Waals surface area contributed by atoms with Crippen molar-refractivity contribution in [1.82, 2.24) is 19.7 Å². The van der Waals surface area contributed by atoms with Crippen LogP contribution in [0.25, 0.3) is 5.69 Å². The Morgan fingerprint density at radius 2 is 2.20 bits per heavy atom. The second-order valence-electron chi connectivity index (χ2n) is 5.17. The summed E-state index contributed by atoms with van der Waals surface area (Å²) >= 11 is 7.27. The van der Waals surface area contributed by atoms with E-state index < -0.39 is 4.92 Å². The van der Waals surface area contributed by atoms with Gasteiger partial charge in [0.1, 0.15) is 18.3 Å². The fourth-order valence-corrected chi connectivity index (χ4v) is 3.43. The zero-order valence-electron chi connectivity index (χ0n) is 13.0. The molecule has 10 heteroatoms. The van der Waals surface area contributed by atoms with Crippen LogP contribution in [0.5, 0.6) is 0 Å². The van der Waals surface area contributed by atoms with Crippen molar-refractivity contribution >= 4 is 34.5 Å². The number of amides is 1. The van der Waals surface area contributed by atoms with Gasteiger partial charge >= 0.3 is 0 Å². The Morgan fingerprint density at radius 3 is 2.80 bits per heavy atom. The molecule has 0 unspecified atom stereocenters. The van der Waals surface area contributed by atoms with Crippen LogP contribution in [0.15, 0.2) is 43.0 Å². The first kappa shape index (κ1) is 17.1. The van der Waals surface area contributed by atoms with Crippen molar-refractivity contribution in [2.75, 3.05) is 7.05 Å². The molecule has 25 heavy (non-hydrogen) atoms. The predicted octanol–water partition coefficient (Wildman–Crippen LogP) is 3.16. The lowest BCUT2D eigenvalue weighted by Gasteiger charge is -2.16. The number of hydrogen-bond acceptors (Lipinski definition) is 6. The molecule has 0 aliphatic heterocycles. The minimum Gasteiger partial charge on any atom is -0.337 e. The minimum atomic E-state index is -0.549. The number of nitrogens with zero attached hydrogens (tertiary/aromatic N) is 5. The SMILES string of the molecule is CN(Cc1ccc(Cl)s1)C(=O)c1ccc(-n2cncn2)c([N+](=O)[O-])c1. The van der Waals surface area contributed by atoms with Gasteiger partial charge in [-0.05, 0) is 24.3 Å². The van der Waals surface area contributed by atoms with Gasteiger partial charge in [0.2, 0.25) is 0 Å². The molecule has 2 heterocycles. The maximum absolute atomic E-state index is 12.6. The summed E-state index contributed by atoms with van der Waals surface area (Å²) in [7, 11) is 1.63. The molecule has 0 saturated carbocycles. The fraction of sp³-hybridized carbons (Fsp3) is 0.133. The number of thiophene rings is 1. The van der Waals surface area contributed by atoms with E-state index in [2.05, 4.69) is 10.1 Å². The van der Waals surface area contributed by atoms with Crippen LogP contribution in [-0.4, -0.2) is 37.5 Å². The van der Waals surface area contributed by atoms with Crippen LogP contribution in [0.3, 0.4) is 0 Å². The average Bonchev–Trinajstić information content (AvgIpc) is 3.25. The first-order valence-electron chi connectivity index (χ1n) is 7.09. The van der Waals surface area contributed by atoms with Gasteiger partial charge in [0.15, 0.2) is 0 Å². The number of rotatable bonds is 5. The molecule has 128 valence electrons. The Hall–Kier alpha value is -2.78. The van der Waals surface area contributed by atoms with Crippen LogP contribution in [0.2, 0.25) is 4.34 Å². The van der Waals surface area contributed by atoms with Crippen molar-refractivity contribution in [3.63, 3.8) is 0 Å². The molecule has 0 spiro atoms. The molecule has 0 bridgehead atoms. The highest BCUT2D eigenvalue weighted by Crippen LogP contribution is 2.26. The number of nitro benzene ring substituents is 1. The van der Waals surface area contributed by atoms with Gasteiger partial charge in [-0.2, -0.15) is 5.10 Å². The molecule has 8 nitrogen and oxygen atoms in total. The second kappa shape index (κ2) is 6.99. The number of nitro groups is 1. The molecular weight excluding hydrogens is 366 g/mol. The number of aromatic nitrogens is 3. The normalized spacial score (nSPS) is 10.6. The van der Waals surface area contributed by atoms with Crippen LogP contribution in [-0.2, 0) is 6.54 Å². The number of halogens is 1. The topological polar surface area (TPSA) is 94.2 Å². The smallest absolute Gasteiger partial charge is 0.295 e. The third-order valence-corrected chi connectivity index (χ3v) is 4.67. The van der Waals surface area contributed by atoms with Crippen molar-refractivity contribution in [1.29, 1.82) is 0 Å². The summed E-state index contributed by atoms with van der Waals surface area (Å²) in [5.74, 6) is -0.322. The van der Waals surface area contributed by atoms with E-state index >= 15 is 0 Å². The molecule has 1 amide bonds. The molecule has 0 aliphatic rings. The van der Waals surface area contributed by atoms with Crippen LogP contribution < -0.4 is 0 Å². The molecule has 0 radical (unpaired) electrons. The minimum absolute atomic E-state index is 0.219. The zero-order valence-corrected chi connectivity index (χ0v) is 14.6. The Morgan fingerprint density at radius 1 is 1.40 bits per heavy atom. The Bertz CT molecular complexity index is 925. The predicted molar refractivity (Wildman–Crippen MR) is 93.1 cm³/mol. The third-order valence-electron chi connectivity index (χ3n) is 3.45. The van der Waals surface area contributed by atoms with Gasteiger partial charge in [-0.1, -0.05) is 11.6 Å². The number of benzene rings is 1. The summed E-state index contributed by atoms with van der Waals surface area (Å²) in [6.07, 6.45) is 2.64. The summed E-state index contributed by atoms with van der Waals surface area (Å²) in [5, 5.41) is 15.3. The van der Waals surface area contributed by atoms with E-state index in [4.69, 9.17) is 11.6 Å². The molecular formula is C15H12ClN5O3S. The van der Waals surface area contributed by atoms with Crippen molar-refractivity contribution in [2.24, 2.45) is 0 Å². The lowest BCUT2D eigenvalue weighted by molar-refractivity contribution is -0.384. The first-order chi connectivity index (χ1) is 12.0. The molecule has 0 atom stereocenters. The van der Waals surface area contributed by atoms with Gasteiger partial charge in [0, 0.05) is 23.6 Å². The molecule has 0 saturated heterocycles. The Labute approximate surface area is 151 Å². The largest absolute Gasteiger partial charge is 0.337 e. The van der Waals surface area contributed by atoms with E-state index in [0.29, 0.717) is 10.9 Å². The van der Waals surface area contributed by atoms with Gasteiger partial charge in [0.25, 0.3) is 11.6 Å². The standard InChI is InChI=1S/C15H12ClN5O3S/c1-19(7-11-3-5-14(16)25-11)15(22)10-2-4-12(13(6-10)21(23)24)20-9-17-8-18-20/h2-6,8-9H,7H2,1H3. The Kier molecular flexibility index (Phi) is 4.77. The van der Waals surface area contributed by atoms with Gasteiger partial charge in [-0.3, -0.25) is 14.9 Å². The van der Waals surface area contributed by atoms with Crippen LogP contribution in [0.1, 0.15) is 15.2 Å². The van der Waals surface area contributed by atoms with Crippen molar-refractivity contribution in [3.8, 4) is 5.69 Å². The van der Waals surface area contributed by atoms with E-state index in [1.165, 1.54) is 51.8 Å². The summed E-state index contributed by atoms with van der Waals surface area (Å²) in [4.78, 5) is 29.6. The highest BCUT2D eigenvalue weighted by molar-refractivity contribution is 7.16. The number of hydrogen-bond donors (Lipinski definition) is 0. The first-order valence-corrected chi connectivity index (χ1v) is 8.28. The second-order valence-corrected chi connectivity index (χ2v) is 6.97. The lowest BCUT2D eigenvalue weighted by Crippen LogP contribution is -2.26. The fourth-order valence-electron chi connectivity index (χ4n) is 2.29. The zero-order chi connectivity index (χ0) is 18.0. The highest BCUT2D eigenvalue weighted by atomic mass is 35.5. The van der Waals surface area contributed by atoms with Gasteiger partial charge < -0.3 is 4.90 Å². The van der Waals surface area contributed by atoms with E-state index in [1.807, 2.05) is 6.07 Å². The quantitative estimate of drug-likeness (QED) is 0.502. The summed E-state index contributed by atoms with van der Waals surface area (Å²) in [6, 6.07) is 7.86. The van der Waals surface area contributed by atoms with Gasteiger partial charge in [0.05, 0.1) is 15.8 Å². The van der Waals surface area contributed by atoms with Crippen molar-refractivity contribution in [3.05, 3.63) is 67.9 Å². The van der Waals surface area contributed by atoms with E-state index in [1.54, 1.807) is 13.1 Å². The van der Waals surface area contributed by atoms with E-state index in [0.717, 1.165) is 4.88 Å². The van der Waals surface area contributed by atoms with Gasteiger partial charge in [-0.15, -0.1) is 11.3 Å². The molecule has 0 N–H and O–H groups in total. The molecule has 3 aromatic rings. The van der Waals surface area contributed by atoms with E-state index in [9.17, 15) is 14.9 Å². The Balaban J connectivity index is 1.87. The maximum atomic E-state index is 12.6. The number of carbonyl (C=O) groups is 1. The molecule has 0 fully saturated rings. The lowest BCUT2D eigenvalue weighted by atomic mass is 10.1. The maximum Gasteiger partial charge on any atom is 0.295 e. The molecule has 1 aromatic carbocycles. The number of carbonyl (C=O) groups excluding carboxylic acids is 1. The average molecular weight is 378 g/mol. The molecule has 3 rings (SSSR count). The molecule has 2 aromatic heterocycles.